The summed E-state index contributed by atoms with van der Waals surface area (Å²) in [6.07, 6.45) is 1.03. The number of hydrogen-bond acceptors (Lipinski definition) is 6. The third kappa shape index (κ3) is 5.84. The van der Waals surface area contributed by atoms with Crippen molar-refractivity contribution in [2.24, 2.45) is 0 Å². The van der Waals surface area contributed by atoms with E-state index in [0.29, 0.717) is 41.6 Å². The number of aryl methyl sites for hydroxylation is 1. The van der Waals surface area contributed by atoms with Crippen molar-refractivity contribution in [3.8, 4) is 17.6 Å². The van der Waals surface area contributed by atoms with Crippen LogP contribution in [0.5, 0.6) is 11.5 Å². The van der Waals surface area contributed by atoms with E-state index in [0.717, 1.165) is 16.7 Å². The minimum atomic E-state index is -0.513. The fraction of sp³-hybridized carbons (Fsp3) is 0.233. The molecule has 1 N–H and O–H groups in total. The molecule has 1 saturated heterocycles. The van der Waals surface area contributed by atoms with Gasteiger partial charge in [-0.2, -0.15) is 5.26 Å². The minimum Gasteiger partial charge on any atom is -0.493 e. The van der Waals surface area contributed by atoms with Crippen molar-refractivity contribution >= 4 is 29.3 Å². The van der Waals surface area contributed by atoms with Crippen LogP contribution in [0, 0.1) is 18.3 Å². The van der Waals surface area contributed by atoms with Crippen molar-refractivity contribution in [1.82, 2.24) is 5.32 Å². The lowest BCUT2D eigenvalue weighted by Gasteiger charge is -2.18. The number of nitriles is 1. The predicted molar refractivity (Wildman–Crippen MR) is 149 cm³/mol. The standard InChI is InChI=1S/C30H29N3O4S/c1-20-9-7-8-10-22(20)18-27-29(35)33(23-11-5-4-6-12-23)30(38-27)24(19-31)28(34)32-16-15-21-13-14-25(36-2)26(17-21)37-3/h4-14,17,27H,15-16,18H2,1-3H3,(H,32,34)/b30-24+/t27-/m0/s1. The molecule has 8 heteroatoms. The van der Waals surface area contributed by atoms with Gasteiger partial charge in [-0.1, -0.05) is 60.3 Å². The normalized spacial score (nSPS) is 16.1. The average Bonchev–Trinajstić information content (AvgIpc) is 3.25. The molecule has 3 aromatic rings. The quantitative estimate of drug-likeness (QED) is 0.318. The van der Waals surface area contributed by atoms with Gasteiger partial charge in [-0.15, -0.1) is 0 Å². The number of methoxy groups -OCH3 is 2. The first kappa shape index (κ1) is 26.8. The molecule has 2 amide bonds. The van der Waals surface area contributed by atoms with Crippen molar-refractivity contribution in [3.63, 3.8) is 0 Å². The molecule has 194 valence electrons. The summed E-state index contributed by atoms with van der Waals surface area (Å²) in [7, 11) is 3.14. The molecule has 0 aromatic heterocycles. The van der Waals surface area contributed by atoms with Crippen LogP contribution in [0.1, 0.15) is 16.7 Å². The van der Waals surface area contributed by atoms with Gasteiger partial charge in [0.05, 0.1) is 19.5 Å². The van der Waals surface area contributed by atoms with Gasteiger partial charge < -0.3 is 14.8 Å². The molecule has 0 radical (unpaired) electrons. The molecule has 0 spiro atoms. The van der Waals surface area contributed by atoms with Gasteiger partial charge in [-0.25, -0.2) is 0 Å². The van der Waals surface area contributed by atoms with Gasteiger partial charge in [0.1, 0.15) is 16.7 Å². The number of hydrogen-bond donors (Lipinski definition) is 1. The van der Waals surface area contributed by atoms with Crippen LogP contribution in [-0.4, -0.2) is 37.8 Å². The summed E-state index contributed by atoms with van der Waals surface area (Å²) in [5.74, 6) is 0.572. The monoisotopic (exact) mass is 527 g/mol. The maximum atomic E-state index is 13.6. The van der Waals surface area contributed by atoms with E-state index in [-0.39, 0.29) is 11.5 Å². The predicted octanol–water partition coefficient (Wildman–Crippen LogP) is 4.80. The molecule has 1 aliphatic rings. The molecule has 0 saturated carbocycles. The van der Waals surface area contributed by atoms with E-state index >= 15 is 0 Å². The first-order chi connectivity index (χ1) is 18.5. The van der Waals surface area contributed by atoms with Crippen LogP contribution in [-0.2, 0) is 22.4 Å². The van der Waals surface area contributed by atoms with E-state index in [1.54, 1.807) is 26.4 Å². The topological polar surface area (TPSA) is 91.7 Å². The zero-order valence-corrected chi connectivity index (χ0v) is 22.4. The number of para-hydroxylation sites is 1. The van der Waals surface area contributed by atoms with Crippen molar-refractivity contribution in [2.75, 3.05) is 25.7 Å². The molecular formula is C30H29N3O4S. The fourth-order valence-corrected chi connectivity index (χ4v) is 5.58. The molecule has 1 atom stereocenters. The zero-order chi connectivity index (χ0) is 27.1. The van der Waals surface area contributed by atoms with Crippen molar-refractivity contribution in [2.45, 2.75) is 25.0 Å². The summed E-state index contributed by atoms with van der Waals surface area (Å²) in [6, 6.07) is 24.7. The summed E-state index contributed by atoms with van der Waals surface area (Å²) in [6.45, 7) is 2.32. The molecule has 1 fully saturated rings. The molecule has 1 aliphatic heterocycles. The Labute approximate surface area is 227 Å². The summed E-state index contributed by atoms with van der Waals surface area (Å²) >= 11 is 1.27. The molecule has 7 nitrogen and oxygen atoms in total. The van der Waals surface area contributed by atoms with Crippen molar-refractivity contribution in [1.29, 1.82) is 5.26 Å². The lowest BCUT2D eigenvalue weighted by Crippen LogP contribution is -2.32. The highest BCUT2D eigenvalue weighted by molar-refractivity contribution is 8.05. The van der Waals surface area contributed by atoms with Crippen molar-refractivity contribution < 1.29 is 19.1 Å². The highest BCUT2D eigenvalue weighted by Gasteiger charge is 2.40. The largest absolute Gasteiger partial charge is 0.493 e. The van der Waals surface area contributed by atoms with Crippen LogP contribution in [0.25, 0.3) is 0 Å². The molecule has 3 aromatic carbocycles. The number of amides is 2. The smallest absolute Gasteiger partial charge is 0.264 e. The molecule has 38 heavy (non-hydrogen) atoms. The van der Waals surface area contributed by atoms with E-state index in [1.165, 1.54) is 16.7 Å². The lowest BCUT2D eigenvalue weighted by molar-refractivity contribution is -0.117. The van der Waals surface area contributed by atoms with Crippen molar-refractivity contribution in [3.05, 3.63) is 100 Å². The molecular weight excluding hydrogens is 498 g/mol. The minimum absolute atomic E-state index is 0.0770. The van der Waals surface area contributed by atoms with Crippen LogP contribution in [0.15, 0.2) is 83.4 Å². The second-order valence-electron chi connectivity index (χ2n) is 8.73. The van der Waals surface area contributed by atoms with E-state index in [4.69, 9.17) is 9.47 Å². The van der Waals surface area contributed by atoms with Crippen LogP contribution in [0.4, 0.5) is 5.69 Å². The summed E-state index contributed by atoms with van der Waals surface area (Å²) in [5, 5.41) is 12.8. The maximum absolute atomic E-state index is 13.6. The van der Waals surface area contributed by atoms with E-state index in [2.05, 4.69) is 11.4 Å². The Kier molecular flexibility index (Phi) is 8.72. The van der Waals surface area contributed by atoms with Gasteiger partial charge in [0, 0.05) is 12.2 Å². The van der Waals surface area contributed by atoms with Crippen LogP contribution < -0.4 is 19.7 Å². The number of nitrogens with one attached hydrogen (secondary N) is 1. The lowest BCUT2D eigenvalue weighted by atomic mass is 10.0. The number of carbonyl (C=O) groups is 2. The molecule has 0 aliphatic carbocycles. The summed E-state index contributed by atoms with van der Waals surface area (Å²) < 4.78 is 10.6. The van der Waals surface area contributed by atoms with Gasteiger partial charge in [-0.3, -0.25) is 14.5 Å². The van der Waals surface area contributed by atoms with E-state index < -0.39 is 11.2 Å². The molecule has 4 rings (SSSR count). The highest BCUT2D eigenvalue weighted by Crippen LogP contribution is 2.42. The number of ether oxygens (including phenoxy) is 2. The van der Waals surface area contributed by atoms with E-state index in [1.807, 2.05) is 67.6 Å². The second kappa shape index (κ2) is 12.3. The number of anilines is 1. The number of rotatable bonds is 9. The Morgan fingerprint density at radius 1 is 1.03 bits per heavy atom. The molecule has 0 bridgehead atoms. The number of thioether (sulfide) groups is 1. The second-order valence-corrected chi connectivity index (χ2v) is 9.92. The first-order valence-corrected chi connectivity index (χ1v) is 13.1. The molecule has 0 unspecified atom stereocenters. The van der Waals surface area contributed by atoms with Crippen LogP contribution in [0.3, 0.4) is 0 Å². The zero-order valence-electron chi connectivity index (χ0n) is 21.6. The number of benzene rings is 3. The average molecular weight is 528 g/mol. The van der Waals surface area contributed by atoms with Crippen LogP contribution in [0.2, 0.25) is 0 Å². The fourth-order valence-electron chi connectivity index (χ4n) is 4.28. The van der Waals surface area contributed by atoms with Gasteiger partial charge in [0.25, 0.3) is 5.91 Å². The third-order valence-corrected chi connectivity index (χ3v) is 7.60. The van der Waals surface area contributed by atoms with Gasteiger partial charge in [0.2, 0.25) is 5.91 Å². The van der Waals surface area contributed by atoms with Gasteiger partial charge in [0.15, 0.2) is 11.5 Å². The molecule has 1 heterocycles. The third-order valence-electron chi connectivity index (χ3n) is 6.33. The SMILES string of the molecule is COc1ccc(CCNC(=O)/C(C#N)=C2/S[C@@H](Cc3ccccc3C)C(=O)N2c2ccccc2)cc1OC. The Hall–Kier alpha value is -4.22. The summed E-state index contributed by atoms with van der Waals surface area (Å²) in [5.41, 5.74) is 3.65. The Bertz CT molecular complexity index is 1400. The highest BCUT2D eigenvalue weighted by atomic mass is 32.2. The summed E-state index contributed by atoms with van der Waals surface area (Å²) in [4.78, 5) is 28.3. The van der Waals surface area contributed by atoms with E-state index in [9.17, 15) is 14.9 Å². The number of nitrogens with zero attached hydrogens (tertiary/aromatic N) is 2. The van der Waals surface area contributed by atoms with Crippen LogP contribution >= 0.6 is 11.8 Å². The number of carbonyl (C=O) groups excluding carboxylic acids is 2. The van der Waals surface area contributed by atoms with Gasteiger partial charge in [-0.05, 0) is 60.7 Å². The first-order valence-electron chi connectivity index (χ1n) is 12.2. The maximum Gasteiger partial charge on any atom is 0.264 e. The Balaban J connectivity index is 1.57. The Morgan fingerprint density at radius 3 is 2.42 bits per heavy atom. The Morgan fingerprint density at radius 2 is 1.74 bits per heavy atom. The van der Waals surface area contributed by atoms with Gasteiger partial charge >= 0.3 is 0 Å².